The van der Waals surface area contributed by atoms with E-state index < -0.39 is 0 Å². The van der Waals surface area contributed by atoms with Crippen molar-refractivity contribution in [2.75, 3.05) is 7.05 Å². The smallest absolute Gasteiger partial charge is 0.114 e. The molecular weight excluding hydrogens is 126 g/mol. The van der Waals surface area contributed by atoms with Crippen molar-refractivity contribution in [2.24, 2.45) is 5.73 Å². The van der Waals surface area contributed by atoms with E-state index in [0.29, 0.717) is 17.0 Å². The van der Waals surface area contributed by atoms with E-state index in [2.05, 4.69) is 11.9 Å². The zero-order chi connectivity index (χ0) is 8.15. The quantitative estimate of drug-likeness (QED) is 0.429. The molecule has 0 rings (SSSR count). The first-order chi connectivity index (χ1) is 4.63. The van der Waals surface area contributed by atoms with Crippen LogP contribution in [0.2, 0.25) is 0 Å². The molecule has 0 fully saturated rings. The maximum atomic E-state index is 8.51. The van der Waals surface area contributed by atoms with Gasteiger partial charge in [0.1, 0.15) is 11.9 Å². The highest BCUT2D eigenvalue weighted by molar-refractivity contribution is 5.41. The lowest BCUT2D eigenvalue weighted by Crippen LogP contribution is -2.17. The normalized spacial score (nSPS) is 11.3. The minimum atomic E-state index is 0.370. The molecule has 3 heteroatoms. The molecule has 0 spiro atoms. The third-order valence-electron chi connectivity index (χ3n) is 1.08. The van der Waals surface area contributed by atoms with Crippen LogP contribution in [0.5, 0.6) is 0 Å². The Morgan fingerprint density at radius 2 is 2.20 bits per heavy atom. The Morgan fingerprint density at radius 3 is 2.30 bits per heavy atom. The van der Waals surface area contributed by atoms with Gasteiger partial charge < -0.3 is 11.1 Å². The fourth-order valence-corrected chi connectivity index (χ4v) is 0.511. The molecule has 0 aromatic carbocycles. The molecular formula is C7H11N3. The Labute approximate surface area is 60.8 Å². The number of rotatable bonds is 2. The van der Waals surface area contributed by atoms with Gasteiger partial charge in [0, 0.05) is 7.05 Å². The van der Waals surface area contributed by atoms with Crippen LogP contribution in [0.25, 0.3) is 0 Å². The van der Waals surface area contributed by atoms with Crippen LogP contribution in [0.15, 0.2) is 23.5 Å². The highest BCUT2D eigenvalue weighted by Gasteiger charge is 1.99. The molecule has 10 heavy (non-hydrogen) atoms. The summed E-state index contributed by atoms with van der Waals surface area (Å²) in [4.78, 5) is 0. The van der Waals surface area contributed by atoms with Crippen molar-refractivity contribution in [3.8, 4) is 6.07 Å². The highest BCUT2D eigenvalue weighted by atomic mass is 15.0. The zero-order valence-corrected chi connectivity index (χ0v) is 6.23. The van der Waals surface area contributed by atoms with Crippen LogP contribution >= 0.6 is 0 Å². The van der Waals surface area contributed by atoms with E-state index >= 15 is 0 Å². The second-order valence-corrected chi connectivity index (χ2v) is 1.93. The molecule has 54 valence electrons. The van der Waals surface area contributed by atoms with Crippen molar-refractivity contribution >= 4 is 0 Å². The molecule has 0 saturated heterocycles. The SMILES string of the molecule is C=C(C)/C(C#N)=C(/N)NC. The van der Waals surface area contributed by atoms with E-state index in [1.54, 1.807) is 14.0 Å². The van der Waals surface area contributed by atoms with Gasteiger partial charge in [-0.25, -0.2) is 0 Å². The van der Waals surface area contributed by atoms with Gasteiger partial charge in [-0.3, -0.25) is 0 Å². The summed E-state index contributed by atoms with van der Waals surface area (Å²) in [6, 6.07) is 1.94. The second-order valence-electron chi connectivity index (χ2n) is 1.93. The Balaban J connectivity index is 4.68. The number of hydrogen-bond donors (Lipinski definition) is 2. The number of nitriles is 1. The van der Waals surface area contributed by atoms with Crippen LogP contribution in [0.3, 0.4) is 0 Å². The number of nitrogens with two attached hydrogens (primary N) is 1. The number of nitrogens with one attached hydrogen (secondary N) is 1. The maximum Gasteiger partial charge on any atom is 0.114 e. The van der Waals surface area contributed by atoms with Gasteiger partial charge in [-0.05, 0) is 12.5 Å². The molecule has 0 unspecified atom stereocenters. The van der Waals surface area contributed by atoms with E-state index in [-0.39, 0.29) is 0 Å². The van der Waals surface area contributed by atoms with Crippen molar-refractivity contribution in [3.63, 3.8) is 0 Å². The third-order valence-corrected chi connectivity index (χ3v) is 1.08. The predicted octanol–water partition coefficient (Wildman–Crippen LogP) is 0.476. The Morgan fingerprint density at radius 1 is 1.70 bits per heavy atom. The Hall–Kier alpha value is -1.43. The average Bonchev–Trinajstić information content (AvgIpc) is 1.88. The molecule has 0 saturated carbocycles. The third kappa shape index (κ3) is 1.82. The minimum absolute atomic E-state index is 0.370. The first kappa shape index (κ1) is 8.57. The van der Waals surface area contributed by atoms with Crippen molar-refractivity contribution in [3.05, 3.63) is 23.5 Å². The van der Waals surface area contributed by atoms with Crippen LogP contribution in [0.1, 0.15) is 6.92 Å². The van der Waals surface area contributed by atoms with Gasteiger partial charge in [0.2, 0.25) is 0 Å². The van der Waals surface area contributed by atoms with E-state index in [1.807, 2.05) is 6.07 Å². The van der Waals surface area contributed by atoms with Crippen LogP contribution in [-0.4, -0.2) is 7.05 Å². The molecule has 0 aliphatic heterocycles. The Kier molecular flexibility index (Phi) is 3.06. The van der Waals surface area contributed by atoms with E-state index in [4.69, 9.17) is 11.0 Å². The van der Waals surface area contributed by atoms with E-state index in [1.165, 1.54) is 0 Å². The lowest BCUT2D eigenvalue weighted by Gasteiger charge is -2.02. The van der Waals surface area contributed by atoms with E-state index in [9.17, 15) is 0 Å². The summed E-state index contributed by atoms with van der Waals surface area (Å²) in [5.74, 6) is 0.370. The van der Waals surface area contributed by atoms with Crippen molar-refractivity contribution in [1.82, 2.24) is 5.32 Å². The van der Waals surface area contributed by atoms with Crippen LogP contribution in [0.4, 0.5) is 0 Å². The summed E-state index contributed by atoms with van der Waals surface area (Å²) in [5.41, 5.74) is 6.51. The molecule has 0 heterocycles. The predicted molar refractivity (Wildman–Crippen MR) is 40.7 cm³/mol. The number of nitrogens with zero attached hydrogens (tertiary/aromatic N) is 1. The lowest BCUT2D eigenvalue weighted by atomic mass is 10.1. The molecule has 0 amide bonds. The van der Waals surface area contributed by atoms with Crippen molar-refractivity contribution in [2.45, 2.75) is 6.92 Å². The van der Waals surface area contributed by atoms with Gasteiger partial charge in [-0.1, -0.05) is 6.58 Å². The summed E-state index contributed by atoms with van der Waals surface area (Å²) in [6.45, 7) is 5.33. The molecule has 0 aliphatic rings. The molecule has 0 radical (unpaired) electrons. The lowest BCUT2D eigenvalue weighted by molar-refractivity contribution is 0.949. The summed E-state index contributed by atoms with van der Waals surface area (Å²) in [5, 5.41) is 11.2. The summed E-state index contributed by atoms with van der Waals surface area (Å²) >= 11 is 0. The van der Waals surface area contributed by atoms with Gasteiger partial charge in [0.25, 0.3) is 0 Å². The summed E-state index contributed by atoms with van der Waals surface area (Å²) in [6.07, 6.45) is 0. The topological polar surface area (TPSA) is 61.8 Å². The van der Waals surface area contributed by atoms with Crippen LogP contribution in [0, 0.1) is 11.3 Å². The minimum Gasteiger partial charge on any atom is -0.384 e. The van der Waals surface area contributed by atoms with Gasteiger partial charge in [0.15, 0.2) is 0 Å². The molecule has 0 aliphatic carbocycles. The van der Waals surface area contributed by atoms with Crippen molar-refractivity contribution in [1.29, 1.82) is 5.26 Å². The molecule has 0 aromatic heterocycles. The first-order valence-electron chi connectivity index (χ1n) is 2.87. The summed E-state index contributed by atoms with van der Waals surface area (Å²) in [7, 11) is 1.66. The van der Waals surface area contributed by atoms with Gasteiger partial charge in [-0.2, -0.15) is 5.26 Å². The molecule has 3 nitrogen and oxygen atoms in total. The zero-order valence-electron chi connectivity index (χ0n) is 6.23. The first-order valence-corrected chi connectivity index (χ1v) is 2.87. The molecule has 0 aromatic rings. The maximum absolute atomic E-state index is 8.51. The average molecular weight is 137 g/mol. The van der Waals surface area contributed by atoms with Gasteiger partial charge in [-0.15, -0.1) is 0 Å². The number of hydrogen-bond acceptors (Lipinski definition) is 3. The molecule has 0 atom stereocenters. The Bertz CT molecular complexity index is 207. The monoisotopic (exact) mass is 137 g/mol. The molecule has 0 bridgehead atoms. The van der Waals surface area contributed by atoms with Crippen LogP contribution in [-0.2, 0) is 0 Å². The van der Waals surface area contributed by atoms with Crippen molar-refractivity contribution < 1.29 is 0 Å². The van der Waals surface area contributed by atoms with Gasteiger partial charge >= 0.3 is 0 Å². The molecule has 3 N–H and O–H groups in total. The largest absolute Gasteiger partial charge is 0.384 e. The fraction of sp³-hybridized carbons (Fsp3) is 0.286. The summed E-state index contributed by atoms with van der Waals surface area (Å²) < 4.78 is 0. The standard InChI is InChI=1S/C7H11N3/c1-5(2)6(4-8)7(9)10-3/h10H,1,9H2,2-3H3/b7-6-. The van der Waals surface area contributed by atoms with Crippen LogP contribution < -0.4 is 11.1 Å². The highest BCUT2D eigenvalue weighted by Crippen LogP contribution is 2.05. The second kappa shape index (κ2) is 3.57. The number of allylic oxidation sites excluding steroid dienone is 2. The fourth-order valence-electron chi connectivity index (χ4n) is 0.511. The van der Waals surface area contributed by atoms with Gasteiger partial charge in [0.05, 0.1) is 5.57 Å². The van der Waals surface area contributed by atoms with E-state index in [0.717, 1.165) is 0 Å².